The third-order valence-corrected chi connectivity index (χ3v) is 4.33. The van der Waals surface area contributed by atoms with Crippen molar-refractivity contribution in [2.45, 2.75) is 11.7 Å². The molecule has 8 nitrogen and oxygen atoms in total. The summed E-state index contributed by atoms with van der Waals surface area (Å²) in [5, 5.41) is 17.2. The van der Waals surface area contributed by atoms with Crippen LogP contribution in [-0.4, -0.2) is 43.5 Å². The van der Waals surface area contributed by atoms with Gasteiger partial charge in [-0.05, 0) is 24.3 Å². The number of ether oxygens (including phenoxy) is 1. The molecule has 0 saturated carbocycles. The predicted octanol–water partition coefficient (Wildman–Crippen LogP) is 1.07. The number of halogens is 2. The van der Waals surface area contributed by atoms with Crippen LogP contribution in [0, 0.1) is 11.6 Å². The second-order valence-corrected chi connectivity index (χ2v) is 6.20. The molecule has 0 aliphatic carbocycles. The Hall–Kier alpha value is -2.50. The molecule has 0 radical (unpaired) electrons. The number of carboxylic acid groups (broad SMARTS) is 1. The average molecular weight is 387 g/mol. The van der Waals surface area contributed by atoms with E-state index in [0.717, 1.165) is 22.9 Å². The van der Waals surface area contributed by atoms with Gasteiger partial charge in [-0.25, -0.2) is 18.4 Å². The molecule has 11 heteroatoms. The van der Waals surface area contributed by atoms with Gasteiger partial charge in [0, 0.05) is 5.75 Å². The SMILES string of the molecule is Nc1nc(=O)n([C@@H]2CS[C@H](CO)O2)cc1F.O=C(O)c1ccc(F)cc1. The highest BCUT2D eigenvalue weighted by atomic mass is 32.2. The molecule has 1 aliphatic rings. The predicted molar refractivity (Wildman–Crippen MR) is 89.7 cm³/mol. The molecule has 4 N–H and O–H groups in total. The Bertz CT molecular complexity index is 831. The van der Waals surface area contributed by atoms with Crippen molar-refractivity contribution in [3.05, 3.63) is 58.1 Å². The Balaban J connectivity index is 0.000000209. The minimum Gasteiger partial charge on any atom is -0.478 e. The molecule has 0 unspecified atom stereocenters. The second kappa shape index (κ2) is 8.74. The van der Waals surface area contributed by atoms with E-state index in [2.05, 4.69) is 4.98 Å². The van der Waals surface area contributed by atoms with Gasteiger partial charge in [0.1, 0.15) is 17.5 Å². The number of thioether (sulfide) groups is 1. The summed E-state index contributed by atoms with van der Waals surface area (Å²) in [4.78, 5) is 24.9. The van der Waals surface area contributed by atoms with Gasteiger partial charge in [0.15, 0.2) is 11.6 Å². The van der Waals surface area contributed by atoms with E-state index in [9.17, 15) is 18.4 Å². The Morgan fingerprint density at radius 3 is 2.58 bits per heavy atom. The van der Waals surface area contributed by atoms with Crippen LogP contribution in [0.3, 0.4) is 0 Å². The zero-order chi connectivity index (χ0) is 19.3. The van der Waals surface area contributed by atoms with Crippen LogP contribution >= 0.6 is 11.8 Å². The third kappa shape index (κ3) is 5.00. The van der Waals surface area contributed by atoms with Gasteiger partial charge in [-0.1, -0.05) is 0 Å². The standard InChI is InChI=1S/C8H10FN3O3S.C7H5FO2/c9-4-1-12(8(14)11-7(4)10)5-3-16-6(2-13)15-5;8-6-3-1-5(2-4-6)7(9)10/h1,5-6,13H,2-3H2,(H2,10,11,14);1-4H,(H,9,10)/t5-,6+;/m0./s1. The fourth-order valence-corrected chi connectivity index (χ4v) is 2.87. The number of hydrogen-bond acceptors (Lipinski definition) is 7. The lowest BCUT2D eigenvalue weighted by Gasteiger charge is -2.13. The van der Waals surface area contributed by atoms with Crippen molar-refractivity contribution < 1.29 is 28.5 Å². The lowest BCUT2D eigenvalue weighted by Crippen LogP contribution is -2.29. The largest absolute Gasteiger partial charge is 0.478 e. The van der Waals surface area contributed by atoms with Crippen LogP contribution in [0.4, 0.5) is 14.6 Å². The molecule has 140 valence electrons. The summed E-state index contributed by atoms with van der Waals surface area (Å²) in [7, 11) is 0. The van der Waals surface area contributed by atoms with Gasteiger partial charge in [0.25, 0.3) is 0 Å². The second-order valence-electron chi connectivity index (χ2n) is 5.01. The number of benzene rings is 1. The smallest absolute Gasteiger partial charge is 0.351 e. The lowest BCUT2D eigenvalue weighted by atomic mass is 10.2. The molecule has 2 atom stereocenters. The maximum absolute atomic E-state index is 13.1. The Morgan fingerprint density at radius 2 is 2.04 bits per heavy atom. The quantitative estimate of drug-likeness (QED) is 0.714. The van der Waals surface area contributed by atoms with Gasteiger partial charge in [-0.2, -0.15) is 4.98 Å². The number of rotatable bonds is 3. The van der Waals surface area contributed by atoms with E-state index in [4.69, 9.17) is 20.7 Å². The van der Waals surface area contributed by atoms with E-state index >= 15 is 0 Å². The Kier molecular flexibility index (Phi) is 6.66. The molecule has 1 fully saturated rings. The molecule has 2 aromatic rings. The van der Waals surface area contributed by atoms with E-state index in [-0.39, 0.29) is 12.2 Å². The fourth-order valence-electron chi connectivity index (χ4n) is 1.94. The molecule has 0 spiro atoms. The summed E-state index contributed by atoms with van der Waals surface area (Å²) in [5.41, 5.74) is 4.20. The first-order valence-electron chi connectivity index (χ1n) is 7.22. The van der Waals surface area contributed by atoms with Crippen molar-refractivity contribution in [3.8, 4) is 0 Å². The van der Waals surface area contributed by atoms with Crippen LogP contribution in [-0.2, 0) is 4.74 Å². The van der Waals surface area contributed by atoms with Crippen LogP contribution in [0.2, 0.25) is 0 Å². The maximum atomic E-state index is 13.1. The first-order valence-corrected chi connectivity index (χ1v) is 8.27. The van der Waals surface area contributed by atoms with Gasteiger partial charge in [-0.15, -0.1) is 11.8 Å². The summed E-state index contributed by atoms with van der Waals surface area (Å²) in [6.07, 6.45) is 0.354. The highest BCUT2D eigenvalue weighted by Crippen LogP contribution is 2.30. The molecule has 2 heterocycles. The van der Waals surface area contributed by atoms with Crippen molar-refractivity contribution in [2.24, 2.45) is 0 Å². The molecule has 1 aromatic heterocycles. The molecule has 1 aliphatic heterocycles. The van der Waals surface area contributed by atoms with Crippen molar-refractivity contribution in [1.82, 2.24) is 9.55 Å². The molecule has 1 saturated heterocycles. The van der Waals surface area contributed by atoms with Crippen molar-refractivity contribution in [1.29, 1.82) is 0 Å². The highest BCUT2D eigenvalue weighted by molar-refractivity contribution is 8.00. The minimum absolute atomic E-state index is 0.0985. The number of nitrogens with zero attached hydrogens (tertiary/aromatic N) is 2. The molecule has 3 rings (SSSR count). The Morgan fingerprint density at radius 1 is 1.38 bits per heavy atom. The summed E-state index contributed by atoms with van der Waals surface area (Å²) in [6.45, 7) is -0.152. The maximum Gasteiger partial charge on any atom is 0.351 e. The van der Waals surface area contributed by atoms with Gasteiger partial charge in [-0.3, -0.25) is 4.57 Å². The molecular formula is C15H15F2N3O5S. The number of hydrogen-bond donors (Lipinski definition) is 3. The van der Waals surface area contributed by atoms with Gasteiger partial charge in [0.05, 0.1) is 18.4 Å². The lowest BCUT2D eigenvalue weighted by molar-refractivity contribution is -0.00677. The van der Waals surface area contributed by atoms with Crippen molar-refractivity contribution in [2.75, 3.05) is 18.1 Å². The number of anilines is 1. The fraction of sp³-hybridized carbons (Fsp3) is 0.267. The highest BCUT2D eigenvalue weighted by Gasteiger charge is 2.28. The number of nitrogens with two attached hydrogens (primary N) is 1. The number of aromatic nitrogens is 2. The van der Waals surface area contributed by atoms with Crippen molar-refractivity contribution >= 4 is 23.5 Å². The van der Waals surface area contributed by atoms with E-state index in [1.165, 1.54) is 23.9 Å². The normalized spacial score (nSPS) is 18.9. The molecule has 0 amide bonds. The van der Waals surface area contributed by atoms with Gasteiger partial charge in [0.2, 0.25) is 0 Å². The monoisotopic (exact) mass is 387 g/mol. The van der Waals surface area contributed by atoms with Crippen LogP contribution in [0.25, 0.3) is 0 Å². The van der Waals surface area contributed by atoms with E-state index < -0.39 is 40.8 Å². The topological polar surface area (TPSA) is 128 Å². The first kappa shape index (κ1) is 19.8. The van der Waals surface area contributed by atoms with Gasteiger partial charge < -0.3 is 20.7 Å². The summed E-state index contributed by atoms with van der Waals surface area (Å²) in [5.74, 6) is -2.20. The van der Waals surface area contributed by atoms with Crippen LogP contribution in [0.15, 0.2) is 35.3 Å². The Labute approximate surface area is 150 Å². The number of aromatic carboxylic acids is 1. The van der Waals surface area contributed by atoms with E-state index in [1.807, 2.05) is 0 Å². The minimum atomic E-state index is -1.04. The molecule has 0 bridgehead atoms. The zero-order valence-electron chi connectivity index (χ0n) is 13.2. The summed E-state index contributed by atoms with van der Waals surface area (Å²) < 4.78 is 31.6. The first-order chi connectivity index (χ1) is 12.3. The molecular weight excluding hydrogens is 372 g/mol. The van der Waals surface area contributed by atoms with E-state index in [1.54, 1.807) is 0 Å². The van der Waals surface area contributed by atoms with Crippen molar-refractivity contribution in [3.63, 3.8) is 0 Å². The number of aliphatic hydroxyl groups is 1. The van der Waals surface area contributed by atoms with E-state index in [0.29, 0.717) is 5.75 Å². The van der Waals surface area contributed by atoms with Crippen LogP contribution in [0.1, 0.15) is 16.6 Å². The molecule has 1 aromatic carbocycles. The van der Waals surface area contributed by atoms with Crippen LogP contribution < -0.4 is 11.4 Å². The number of carbonyl (C=O) groups is 1. The number of nitrogen functional groups attached to an aromatic ring is 1. The van der Waals surface area contributed by atoms with Crippen LogP contribution in [0.5, 0.6) is 0 Å². The third-order valence-electron chi connectivity index (χ3n) is 3.22. The summed E-state index contributed by atoms with van der Waals surface area (Å²) >= 11 is 1.35. The number of aliphatic hydroxyl groups excluding tert-OH is 1. The summed E-state index contributed by atoms with van der Waals surface area (Å²) in [6, 6.07) is 4.67. The zero-order valence-corrected chi connectivity index (χ0v) is 14.0. The average Bonchev–Trinajstić information content (AvgIpc) is 3.08. The van der Waals surface area contributed by atoms with Gasteiger partial charge >= 0.3 is 11.7 Å². The molecule has 26 heavy (non-hydrogen) atoms. The number of carboxylic acids is 1.